The molecule has 0 aromatic carbocycles. The number of carbonyl (C=O) groups excluding carboxylic acids is 1. The van der Waals surface area contributed by atoms with Crippen LogP contribution >= 0.6 is 0 Å². The van der Waals surface area contributed by atoms with Crippen LogP contribution in [0.5, 0.6) is 0 Å². The SMILES string of the molecule is CC1CCN(CC2CCCN(C(=O)Nc3cnn(CC4CC4)c3)C2)CC1. The van der Waals surface area contributed by atoms with Crippen molar-refractivity contribution < 1.29 is 4.79 Å². The van der Waals surface area contributed by atoms with Crippen LogP contribution in [-0.4, -0.2) is 58.3 Å². The highest BCUT2D eigenvalue weighted by Crippen LogP contribution is 2.30. The van der Waals surface area contributed by atoms with Crippen LogP contribution in [0.4, 0.5) is 10.5 Å². The summed E-state index contributed by atoms with van der Waals surface area (Å²) in [7, 11) is 0. The zero-order valence-electron chi connectivity index (χ0n) is 16.1. The number of rotatable bonds is 5. The van der Waals surface area contributed by atoms with Crippen molar-refractivity contribution in [2.75, 3.05) is 38.0 Å². The zero-order chi connectivity index (χ0) is 17.9. The highest BCUT2D eigenvalue weighted by Gasteiger charge is 2.27. The van der Waals surface area contributed by atoms with Gasteiger partial charge >= 0.3 is 6.03 Å². The van der Waals surface area contributed by atoms with Crippen molar-refractivity contribution >= 4 is 11.7 Å². The Balaban J connectivity index is 1.25. The lowest BCUT2D eigenvalue weighted by atomic mass is 9.94. The second kappa shape index (κ2) is 7.99. The number of hydrogen-bond acceptors (Lipinski definition) is 3. The Hall–Kier alpha value is -1.56. The molecule has 26 heavy (non-hydrogen) atoms. The molecule has 3 aliphatic rings. The molecule has 144 valence electrons. The molecule has 1 aromatic heterocycles. The lowest BCUT2D eigenvalue weighted by Crippen LogP contribution is -2.46. The third-order valence-corrected chi connectivity index (χ3v) is 6.23. The summed E-state index contributed by atoms with van der Waals surface area (Å²) in [5.74, 6) is 2.28. The third kappa shape index (κ3) is 4.78. The van der Waals surface area contributed by atoms with Crippen LogP contribution < -0.4 is 5.32 Å². The predicted octanol–water partition coefficient (Wildman–Crippen LogP) is 3.27. The highest BCUT2D eigenvalue weighted by molar-refractivity contribution is 5.89. The summed E-state index contributed by atoms with van der Waals surface area (Å²) < 4.78 is 1.96. The number of nitrogens with zero attached hydrogens (tertiary/aromatic N) is 4. The Bertz CT molecular complexity index is 603. The van der Waals surface area contributed by atoms with Crippen molar-refractivity contribution in [3.05, 3.63) is 12.4 Å². The van der Waals surface area contributed by atoms with Crippen molar-refractivity contribution in [2.45, 2.75) is 52.0 Å². The van der Waals surface area contributed by atoms with Gasteiger partial charge in [0.25, 0.3) is 0 Å². The summed E-state index contributed by atoms with van der Waals surface area (Å²) >= 11 is 0. The standard InChI is InChI=1S/C20H33N5O/c1-16-6-9-23(10-7-16)12-18-3-2-8-24(13-18)20(26)22-19-11-21-25(15-19)14-17-4-5-17/h11,15-18H,2-10,12-14H2,1H3,(H,22,26). The van der Waals surface area contributed by atoms with Crippen molar-refractivity contribution in [3.63, 3.8) is 0 Å². The first-order valence-electron chi connectivity index (χ1n) is 10.5. The van der Waals surface area contributed by atoms with Crippen molar-refractivity contribution in [3.8, 4) is 0 Å². The fraction of sp³-hybridized carbons (Fsp3) is 0.800. The van der Waals surface area contributed by atoms with Gasteiger partial charge in [0.1, 0.15) is 0 Å². The normalized spacial score (nSPS) is 25.4. The minimum Gasteiger partial charge on any atom is -0.324 e. The first-order chi connectivity index (χ1) is 12.7. The van der Waals surface area contributed by atoms with Crippen molar-refractivity contribution in [1.82, 2.24) is 19.6 Å². The number of carbonyl (C=O) groups is 1. The van der Waals surface area contributed by atoms with E-state index in [0.29, 0.717) is 5.92 Å². The maximum Gasteiger partial charge on any atom is 0.321 e. The molecule has 4 rings (SSSR count). The minimum absolute atomic E-state index is 0.0351. The Labute approximate surface area is 156 Å². The zero-order valence-corrected chi connectivity index (χ0v) is 16.1. The molecule has 2 amide bonds. The van der Waals surface area contributed by atoms with Crippen LogP contribution in [0.15, 0.2) is 12.4 Å². The van der Waals surface area contributed by atoms with Crippen LogP contribution in [0, 0.1) is 17.8 Å². The molecule has 1 N–H and O–H groups in total. The Morgan fingerprint density at radius 2 is 1.92 bits per heavy atom. The van der Waals surface area contributed by atoms with E-state index in [1.807, 2.05) is 15.8 Å². The number of aromatic nitrogens is 2. The number of urea groups is 1. The van der Waals surface area contributed by atoms with Gasteiger partial charge in [-0.25, -0.2) is 4.79 Å². The molecule has 0 spiro atoms. The van der Waals surface area contributed by atoms with Crippen LogP contribution in [0.25, 0.3) is 0 Å². The van der Waals surface area contributed by atoms with E-state index in [0.717, 1.165) is 50.1 Å². The van der Waals surface area contributed by atoms with Gasteiger partial charge in [0.2, 0.25) is 0 Å². The summed E-state index contributed by atoms with van der Waals surface area (Å²) in [5, 5.41) is 7.42. The highest BCUT2D eigenvalue weighted by atomic mass is 16.2. The van der Waals surface area contributed by atoms with Gasteiger partial charge in [0, 0.05) is 32.4 Å². The molecule has 1 saturated carbocycles. The predicted molar refractivity (Wildman–Crippen MR) is 103 cm³/mol. The molecule has 1 atom stereocenters. The van der Waals surface area contributed by atoms with Crippen LogP contribution in [-0.2, 0) is 6.54 Å². The number of hydrogen-bond donors (Lipinski definition) is 1. The van der Waals surface area contributed by atoms with E-state index in [9.17, 15) is 4.79 Å². The monoisotopic (exact) mass is 359 g/mol. The van der Waals surface area contributed by atoms with Gasteiger partial charge in [-0.2, -0.15) is 5.10 Å². The Kier molecular flexibility index (Phi) is 5.48. The second-order valence-electron chi connectivity index (χ2n) is 8.76. The van der Waals surface area contributed by atoms with Gasteiger partial charge in [-0.15, -0.1) is 0 Å². The van der Waals surface area contributed by atoms with Gasteiger partial charge in [-0.1, -0.05) is 6.92 Å². The average molecular weight is 360 g/mol. The fourth-order valence-electron chi connectivity index (χ4n) is 4.30. The molecule has 2 saturated heterocycles. The largest absolute Gasteiger partial charge is 0.324 e. The van der Waals surface area contributed by atoms with E-state index >= 15 is 0 Å². The van der Waals surface area contributed by atoms with Crippen LogP contribution in [0.3, 0.4) is 0 Å². The molecule has 1 unspecified atom stereocenters. The molecular weight excluding hydrogens is 326 g/mol. The maximum absolute atomic E-state index is 12.7. The molecule has 0 radical (unpaired) electrons. The van der Waals surface area contributed by atoms with Gasteiger partial charge < -0.3 is 15.1 Å². The average Bonchev–Trinajstić information content (AvgIpc) is 3.35. The number of anilines is 1. The second-order valence-corrected chi connectivity index (χ2v) is 8.76. The lowest BCUT2D eigenvalue weighted by molar-refractivity contribution is 0.124. The molecule has 1 aromatic rings. The van der Waals surface area contributed by atoms with Crippen molar-refractivity contribution in [1.29, 1.82) is 0 Å². The number of amides is 2. The molecule has 6 nitrogen and oxygen atoms in total. The van der Waals surface area contributed by atoms with Crippen LogP contribution in [0.1, 0.15) is 45.4 Å². The Morgan fingerprint density at radius 1 is 1.12 bits per heavy atom. The van der Waals surface area contributed by atoms with Gasteiger partial charge in [0.15, 0.2) is 0 Å². The van der Waals surface area contributed by atoms with Gasteiger partial charge in [-0.3, -0.25) is 4.68 Å². The molecule has 3 fully saturated rings. The fourth-order valence-corrected chi connectivity index (χ4v) is 4.30. The number of nitrogens with one attached hydrogen (secondary N) is 1. The smallest absolute Gasteiger partial charge is 0.321 e. The topological polar surface area (TPSA) is 53.4 Å². The molecule has 0 bridgehead atoms. The van der Waals surface area contributed by atoms with E-state index in [2.05, 4.69) is 22.2 Å². The summed E-state index contributed by atoms with van der Waals surface area (Å²) in [6, 6.07) is 0.0351. The van der Waals surface area contributed by atoms with Gasteiger partial charge in [0.05, 0.1) is 11.9 Å². The molecule has 3 heterocycles. The quantitative estimate of drug-likeness (QED) is 0.878. The van der Waals surface area contributed by atoms with E-state index in [1.54, 1.807) is 6.20 Å². The van der Waals surface area contributed by atoms with E-state index < -0.39 is 0 Å². The molecule has 1 aliphatic carbocycles. The van der Waals surface area contributed by atoms with E-state index in [-0.39, 0.29) is 6.03 Å². The third-order valence-electron chi connectivity index (χ3n) is 6.23. The molecule has 2 aliphatic heterocycles. The maximum atomic E-state index is 12.7. The first kappa shape index (κ1) is 17.8. The van der Waals surface area contributed by atoms with Crippen molar-refractivity contribution in [2.24, 2.45) is 17.8 Å². The minimum atomic E-state index is 0.0351. The lowest BCUT2D eigenvalue weighted by Gasteiger charge is -2.37. The summed E-state index contributed by atoms with van der Waals surface area (Å²) in [5.41, 5.74) is 0.822. The number of likely N-dealkylation sites (tertiary alicyclic amines) is 2. The van der Waals surface area contributed by atoms with E-state index in [1.165, 1.54) is 45.2 Å². The summed E-state index contributed by atoms with van der Waals surface area (Å²) in [6.07, 6.45) is 11.4. The van der Waals surface area contributed by atoms with Crippen LogP contribution in [0.2, 0.25) is 0 Å². The van der Waals surface area contributed by atoms with Gasteiger partial charge in [-0.05, 0) is 69.4 Å². The summed E-state index contributed by atoms with van der Waals surface area (Å²) in [4.78, 5) is 17.3. The summed E-state index contributed by atoms with van der Waals surface area (Å²) in [6.45, 7) is 8.69. The molecular formula is C20H33N5O. The van der Waals surface area contributed by atoms with E-state index in [4.69, 9.17) is 0 Å². The first-order valence-corrected chi connectivity index (χ1v) is 10.5. The number of piperidine rings is 2. The molecule has 6 heteroatoms. The Morgan fingerprint density at radius 3 is 2.69 bits per heavy atom.